The molecule has 0 amide bonds. The van der Waals surface area contributed by atoms with Gasteiger partial charge in [0.1, 0.15) is 0 Å². The van der Waals surface area contributed by atoms with Crippen molar-refractivity contribution in [3.63, 3.8) is 0 Å². The van der Waals surface area contributed by atoms with Crippen LogP contribution < -0.4 is 10.6 Å². The van der Waals surface area contributed by atoms with Crippen molar-refractivity contribution in [3.8, 4) is 0 Å². The number of nitrogens with zero attached hydrogens (tertiary/aromatic N) is 3. The van der Waals surface area contributed by atoms with E-state index >= 15 is 0 Å². The van der Waals surface area contributed by atoms with Crippen molar-refractivity contribution in [2.24, 2.45) is 4.99 Å². The second-order valence-electron chi connectivity index (χ2n) is 6.88. The predicted octanol–water partition coefficient (Wildman–Crippen LogP) is 2.69. The molecule has 1 aliphatic rings. The maximum Gasteiger partial charge on any atom is 0.191 e. The summed E-state index contributed by atoms with van der Waals surface area (Å²) in [5.41, 5.74) is 2.53. The lowest BCUT2D eigenvalue weighted by molar-refractivity contribution is 0.107. The van der Waals surface area contributed by atoms with Crippen molar-refractivity contribution >= 4 is 29.9 Å². The van der Waals surface area contributed by atoms with Crippen molar-refractivity contribution in [3.05, 3.63) is 35.4 Å². The van der Waals surface area contributed by atoms with E-state index in [9.17, 15) is 0 Å². The van der Waals surface area contributed by atoms with Gasteiger partial charge in [0, 0.05) is 45.3 Å². The lowest BCUT2D eigenvalue weighted by atomic mass is 10.1. The van der Waals surface area contributed by atoms with Crippen LogP contribution in [-0.2, 0) is 6.54 Å². The maximum atomic E-state index is 4.72. The summed E-state index contributed by atoms with van der Waals surface area (Å²) in [5, 5.41) is 6.86. The molecule has 0 spiro atoms. The standard InChI is InChI=1S/C20H35N5.HI/c1-5-21-20(23-16-19-9-7-17(3)8-10-19)22-15-18(4)25-13-11-24(6-2)12-14-25;/h7-10,18H,5-6,11-16H2,1-4H3,(H2,21,22,23);1H. The Morgan fingerprint density at radius 3 is 2.31 bits per heavy atom. The van der Waals surface area contributed by atoms with Gasteiger partial charge in [-0.1, -0.05) is 36.8 Å². The number of halogens is 1. The van der Waals surface area contributed by atoms with Crippen LogP contribution in [0.3, 0.4) is 0 Å². The molecule has 5 nitrogen and oxygen atoms in total. The molecule has 0 saturated carbocycles. The number of piperazine rings is 1. The highest BCUT2D eigenvalue weighted by Gasteiger charge is 2.20. The molecule has 26 heavy (non-hydrogen) atoms. The summed E-state index contributed by atoms with van der Waals surface area (Å²) in [5.74, 6) is 0.905. The van der Waals surface area contributed by atoms with Gasteiger partial charge in [0.25, 0.3) is 0 Å². The molecule has 0 aromatic heterocycles. The smallest absolute Gasteiger partial charge is 0.191 e. The van der Waals surface area contributed by atoms with Crippen LogP contribution >= 0.6 is 24.0 Å². The molecule has 6 heteroatoms. The molecular weight excluding hydrogens is 437 g/mol. The fourth-order valence-electron chi connectivity index (χ4n) is 3.10. The van der Waals surface area contributed by atoms with Crippen molar-refractivity contribution in [2.45, 2.75) is 40.3 Å². The Morgan fingerprint density at radius 2 is 1.73 bits per heavy atom. The largest absolute Gasteiger partial charge is 0.357 e. The van der Waals surface area contributed by atoms with Crippen molar-refractivity contribution in [1.29, 1.82) is 0 Å². The Labute approximate surface area is 176 Å². The van der Waals surface area contributed by atoms with Gasteiger partial charge >= 0.3 is 0 Å². The highest BCUT2D eigenvalue weighted by molar-refractivity contribution is 14.0. The molecule has 148 valence electrons. The SMILES string of the molecule is CCNC(=NCc1ccc(C)cc1)NCC(C)N1CCN(CC)CC1.I. The third-order valence-corrected chi connectivity index (χ3v) is 4.93. The molecule has 1 heterocycles. The molecule has 1 fully saturated rings. The van der Waals surface area contributed by atoms with E-state index in [1.807, 2.05) is 0 Å². The van der Waals surface area contributed by atoms with Gasteiger partial charge in [0.15, 0.2) is 5.96 Å². The number of nitrogens with one attached hydrogen (secondary N) is 2. The number of guanidine groups is 1. The minimum absolute atomic E-state index is 0. The van der Waals surface area contributed by atoms with Crippen LogP contribution in [0.15, 0.2) is 29.3 Å². The summed E-state index contributed by atoms with van der Waals surface area (Å²) in [6, 6.07) is 9.10. The summed E-state index contributed by atoms with van der Waals surface area (Å²) in [6.45, 7) is 17.1. The molecule has 2 N–H and O–H groups in total. The third-order valence-electron chi connectivity index (χ3n) is 4.93. The first-order valence-corrected chi connectivity index (χ1v) is 9.66. The molecule has 1 atom stereocenters. The van der Waals surface area contributed by atoms with Crippen molar-refractivity contribution in [1.82, 2.24) is 20.4 Å². The van der Waals surface area contributed by atoms with Crippen molar-refractivity contribution in [2.75, 3.05) is 45.8 Å². The summed E-state index contributed by atoms with van der Waals surface area (Å²) in [4.78, 5) is 9.81. The number of likely N-dealkylation sites (N-methyl/N-ethyl adjacent to an activating group) is 1. The van der Waals surface area contributed by atoms with E-state index in [0.717, 1.165) is 38.7 Å². The normalized spacial score (nSPS) is 17.5. The summed E-state index contributed by atoms with van der Waals surface area (Å²) in [6.07, 6.45) is 0. The van der Waals surface area contributed by atoms with Crippen molar-refractivity contribution < 1.29 is 0 Å². The monoisotopic (exact) mass is 473 g/mol. The molecular formula is C20H36IN5. The zero-order chi connectivity index (χ0) is 18.1. The molecule has 0 radical (unpaired) electrons. The van der Waals surface area contributed by atoms with E-state index in [1.54, 1.807) is 0 Å². The van der Waals surface area contributed by atoms with Crippen LogP contribution in [0.2, 0.25) is 0 Å². The van der Waals surface area contributed by atoms with Crippen LogP contribution in [0, 0.1) is 6.92 Å². The van der Waals surface area contributed by atoms with E-state index < -0.39 is 0 Å². The summed E-state index contributed by atoms with van der Waals surface area (Å²) >= 11 is 0. The molecule has 0 aliphatic carbocycles. The fraction of sp³-hybridized carbons (Fsp3) is 0.650. The van der Waals surface area contributed by atoms with Gasteiger partial charge in [0.05, 0.1) is 6.54 Å². The molecule has 0 bridgehead atoms. The molecule has 1 aromatic carbocycles. The predicted molar refractivity (Wildman–Crippen MR) is 123 cm³/mol. The van der Waals surface area contributed by atoms with Gasteiger partial charge in [-0.3, -0.25) is 4.90 Å². The van der Waals surface area contributed by atoms with E-state index in [1.165, 1.54) is 24.2 Å². The van der Waals surface area contributed by atoms with Gasteiger partial charge < -0.3 is 15.5 Å². The first kappa shape index (κ1) is 23.2. The van der Waals surface area contributed by atoms with Gasteiger partial charge in [-0.25, -0.2) is 4.99 Å². The minimum atomic E-state index is 0. The third kappa shape index (κ3) is 7.80. The van der Waals surface area contributed by atoms with Crippen LogP contribution in [0.1, 0.15) is 31.9 Å². The van der Waals surface area contributed by atoms with Crippen LogP contribution in [0.25, 0.3) is 0 Å². The highest BCUT2D eigenvalue weighted by Crippen LogP contribution is 2.06. The average Bonchev–Trinajstić information content (AvgIpc) is 2.65. The number of aliphatic imine (C=N–C) groups is 1. The number of rotatable bonds is 7. The zero-order valence-corrected chi connectivity index (χ0v) is 19.1. The van der Waals surface area contributed by atoms with Crippen LogP contribution in [-0.4, -0.2) is 67.6 Å². The van der Waals surface area contributed by atoms with Gasteiger partial charge in [-0.15, -0.1) is 24.0 Å². The minimum Gasteiger partial charge on any atom is -0.357 e. The number of hydrogen-bond donors (Lipinski definition) is 2. The Morgan fingerprint density at radius 1 is 1.08 bits per heavy atom. The topological polar surface area (TPSA) is 42.9 Å². The molecule has 1 saturated heterocycles. The van der Waals surface area contributed by atoms with Gasteiger partial charge in [-0.05, 0) is 32.9 Å². The second kappa shape index (κ2) is 12.5. The Hall–Kier alpha value is -0.860. The van der Waals surface area contributed by atoms with Crippen LogP contribution in [0.4, 0.5) is 0 Å². The second-order valence-corrected chi connectivity index (χ2v) is 6.88. The first-order chi connectivity index (χ1) is 12.1. The summed E-state index contributed by atoms with van der Waals surface area (Å²) in [7, 11) is 0. The Bertz CT molecular complexity index is 524. The number of benzene rings is 1. The Kier molecular flexibility index (Phi) is 11.2. The molecule has 1 unspecified atom stereocenters. The van der Waals surface area contributed by atoms with Gasteiger partial charge in [-0.2, -0.15) is 0 Å². The van der Waals surface area contributed by atoms with E-state index in [-0.39, 0.29) is 24.0 Å². The average molecular weight is 473 g/mol. The van der Waals surface area contributed by atoms with Crippen LogP contribution in [0.5, 0.6) is 0 Å². The van der Waals surface area contributed by atoms with Gasteiger partial charge in [0.2, 0.25) is 0 Å². The first-order valence-electron chi connectivity index (χ1n) is 9.66. The molecule has 1 aliphatic heterocycles. The van der Waals surface area contributed by atoms with E-state index in [2.05, 4.69) is 72.4 Å². The molecule has 1 aromatic rings. The molecule has 2 rings (SSSR count). The number of aryl methyl sites for hydroxylation is 1. The highest BCUT2D eigenvalue weighted by atomic mass is 127. The lowest BCUT2D eigenvalue weighted by Crippen LogP contribution is -2.53. The Balaban J connectivity index is 0.00000338. The lowest BCUT2D eigenvalue weighted by Gasteiger charge is -2.37. The van der Waals surface area contributed by atoms with E-state index in [4.69, 9.17) is 4.99 Å². The van der Waals surface area contributed by atoms with E-state index in [0.29, 0.717) is 12.6 Å². The maximum absolute atomic E-state index is 4.72. The fourth-order valence-corrected chi connectivity index (χ4v) is 3.10. The summed E-state index contributed by atoms with van der Waals surface area (Å²) < 4.78 is 0. The quantitative estimate of drug-likeness (QED) is 0.363. The zero-order valence-electron chi connectivity index (χ0n) is 16.8. The number of hydrogen-bond acceptors (Lipinski definition) is 3.